The number of hydrogen-bond donors (Lipinski definition) is 0. The molecule has 0 N–H and O–H groups in total. The van der Waals surface area contributed by atoms with Crippen LogP contribution in [0.4, 0.5) is 0 Å². The zero-order valence-corrected chi connectivity index (χ0v) is 15.1. The average molecular weight is 346 g/mol. The van der Waals surface area contributed by atoms with E-state index in [1.54, 1.807) is 0 Å². The van der Waals surface area contributed by atoms with Crippen molar-refractivity contribution in [1.82, 2.24) is 4.90 Å². The molecule has 2 aromatic rings. The molecular formula is C20H24ClNO2. The van der Waals surface area contributed by atoms with Gasteiger partial charge in [-0.2, -0.15) is 0 Å². The molecule has 3 nitrogen and oxygen atoms in total. The van der Waals surface area contributed by atoms with Crippen molar-refractivity contribution in [3.8, 4) is 5.75 Å². The molecule has 2 aromatic carbocycles. The maximum absolute atomic E-state index is 6.55. The predicted octanol–water partition coefficient (Wildman–Crippen LogP) is 4.33. The highest BCUT2D eigenvalue weighted by Crippen LogP contribution is 2.45. The van der Waals surface area contributed by atoms with Crippen LogP contribution in [0, 0.1) is 0 Å². The standard InChI is InChI=1S/C20H24ClNO2/c1-22(2)12-14-24-20(16-7-4-3-5-8-16)11-6-13-23-19-15-17(21)9-10-18(19)20/h3-5,7-10,15H,6,11-14H2,1-2H3. The molecular weight excluding hydrogens is 322 g/mol. The molecule has 24 heavy (non-hydrogen) atoms. The molecule has 4 heteroatoms. The fraction of sp³-hybridized carbons (Fsp3) is 0.400. The van der Waals surface area contributed by atoms with Gasteiger partial charge in [0.2, 0.25) is 0 Å². The van der Waals surface area contributed by atoms with Gasteiger partial charge in [-0.05, 0) is 44.6 Å². The van der Waals surface area contributed by atoms with E-state index in [0.29, 0.717) is 18.2 Å². The van der Waals surface area contributed by atoms with Gasteiger partial charge in [-0.3, -0.25) is 0 Å². The summed E-state index contributed by atoms with van der Waals surface area (Å²) in [5.41, 5.74) is 1.74. The maximum Gasteiger partial charge on any atom is 0.127 e. The molecule has 1 heterocycles. The lowest BCUT2D eigenvalue weighted by Crippen LogP contribution is -2.34. The number of likely N-dealkylation sites (N-methyl/N-ethyl adjacent to an activating group) is 1. The van der Waals surface area contributed by atoms with Crippen LogP contribution >= 0.6 is 11.6 Å². The van der Waals surface area contributed by atoms with Gasteiger partial charge in [0.1, 0.15) is 11.4 Å². The van der Waals surface area contributed by atoms with Crippen molar-refractivity contribution in [1.29, 1.82) is 0 Å². The average Bonchev–Trinajstić information content (AvgIpc) is 2.75. The number of halogens is 1. The molecule has 0 fully saturated rings. The monoisotopic (exact) mass is 345 g/mol. The van der Waals surface area contributed by atoms with Crippen molar-refractivity contribution < 1.29 is 9.47 Å². The number of fused-ring (bicyclic) bond motifs is 1. The van der Waals surface area contributed by atoms with Gasteiger partial charge in [0, 0.05) is 17.1 Å². The van der Waals surface area contributed by atoms with Gasteiger partial charge in [0.05, 0.1) is 13.2 Å². The summed E-state index contributed by atoms with van der Waals surface area (Å²) in [5, 5.41) is 0.686. The Morgan fingerprint density at radius 2 is 1.96 bits per heavy atom. The van der Waals surface area contributed by atoms with Crippen LogP contribution in [0.15, 0.2) is 48.5 Å². The first kappa shape index (κ1) is 17.3. The normalized spacial score (nSPS) is 20.3. The van der Waals surface area contributed by atoms with E-state index in [2.05, 4.69) is 43.3 Å². The summed E-state index contributed by atoms with van der Waals surface area (Å²) in [7, 11) is 4.12. The number of rotatable bonds is 5. The minimum absolute atomic E-state index is 0.492. The Labute approximate surface area is 149 Å². The highest BCUT2D eigenvalue weighted by atomic mass is 35.5. The van der Waals surface area contributed by atoms with Gasteiger partial charge in [0.25, 0.3) is 0 Å². The summed E-state index contributed by atoms with van der Waals surface area (Å²) >= 11 is 6.19. The maximum atomic E-state index is 6.55. The molecule has 0 bridgehead atoms. The van der Waals surface area contributed by atoms with Gasteiger partial charge in [-0.1, -0.05) is 48.0 Å². The third-order valence-electron chi connectivity index (χ3n) is 4.44. The number of benzene rings is 2. The molecule has 0 spiro atoms. The lowest BCUT2D eigenvalue weighted by Gasteiger charge is -2.35. The molecule has 3 rings (SSSR count). The van der Waals surface area contributed by atoms with Crippen molar-refractivity contribution in [2.45, 2.75) is 18.4 Å². The van der Waals surface area contributed by atoms with Crippen molar-refractivity contribution in [2.24, 2.45) is 0 Å². The highest BCUT2D eigenvalue weighted by molar-refractivity contribution is 6.30. The van der Waals surface area contributed by atoms with Crippen molar-refractivity contribution in [2.75, 3.05) is 33.9 Å². The molecule has 1 atom stereocenters. The van der Waals surface area contributed by atoms with Gasteiger partial charge in [-0.15, -0.1) is 0 Å². The van der Waals surface area contributed by atoms with Crippen LogP contribution in [0.5, 0.6) is 5.75 Å². The molecule has 1 aliphatic rings. The molecule has 0 saturated carbocycles. The number of nitrogens with zero attached hydrogens (tertiary/aromatic N) is 1. The number of ether oxygens (including phenoxy) is 2. The van der Waals surface area contributed by atoms with Crippen LogP contribution in [0.3, 0.4) is 0 Å². The van der Waals surface area contributed by atoms with Crippen LogP contribution in [0.2, 0.25) is 5.02 Å². The predicted molar refractivity (Wildman–Crippen MR) is 97.9 cm³/mol. The minimum atomic E-state index is -0.492. The third kappa shape index (κ3) is 3.59. The van der Waals surface area contributed by atoms with E-state index in [1.165, 1.54) is 0 Å². The smallest absolute Gasteiger partial charge is 0.127 e. The number of hydrogen-bond acceptors (Lipinski definition) is 3. The summed E-state index contributed by atoms with van der Waals surface area (Å²) < 4.78 is 12.5. The molecule has 0 amide bonds. The van der Waals surface area contributed by atoms with E-state index in [4.69, 9.17) is 21.1 Å². The lowest BCUT2D eigenvalue weighted by molar-refractivity contribution is -0.0294. The first-order valence-corrected chi connectivity index (χ1v) is 8.77. The molecule has 0 radical (unpaired) electrons. The fourth-order valence-electron chi connectivity index (χ4n) is 3.23. The molecule has 0 aromatic heterocycles. The van der Waals surface area contributed by atoms with Gasteiger partial charge < -0.3 is 14.4 Å². The third-order valence-corrected chi connectivity index (χ3v) is 4.67. The Hall–Kier alpha value is -1.55. The van der Waals surface area contributed by atoms with Crippen LogP contribution < -0.4 is 4.74 Å². The Bertz CT molecular complexity index is 675. The van der Waals surface area contributed by atoms with Crippen LogP contribution in [0.1, 0.15) is 24.0 Å². The molecule has 1 unspecified atom stereocenters. The van der Waals surface area contributed by atoms with Crippen LogP contribution in [-0.4, -0.2) is 38.8 Å². The van der Waals surface area contributed by atoms with Gasteiger partial charge in [0.15, 0.2) is 0 Å². The minimum Gasteiger partial charge on any atom is -0.493 e. The Kier molecular flexibility index (Phi) is 5.44. The Morgan fingerprint density at radius 1 is 1.17 bits per heavy atom. The van der Waals surface area contributed by atoms with Gasteiger partial charge in [-0.25, -0.2) is 0 Å². The zero-order chi connectivity index (χ0) is 17.0. The second-order valence-electron chi connectivity index (χ2n) is 6.44. The van der Waals surface area contributed by atoms with E-state index in [0.717, 1.165) is 36.3 Å². The Balaban J connectivity index is 2.07. The fourth-order valence-corrected chi connectivity index (χ4v) is 3.39. The van der Waals surface area contributed by atoms with E-state index >= 15 is 0 Å². The summed E-state index contributed by atoms with van der Waals surface area (Å²) in [5.74, 6) is 0.828. The second kappa shape index (κ2) is 7.56. The van der Waals surface area contributed by atoms with Crippen molar-refractivity contribution in [3.05, 3.63) is 64.7 Å². The molecule has 1 aliphatic heterocycles. The van der Waals surface area contributed by atoms with Crippen LogP contribution in [0.25, 0.3) is 0 Å². The topological polar surface area (TPSA) is 21.7 Å². The lowest BCUT2D eigenvalue weighted by atomic mass is 9.82. The summed E-state index contributed by atoms with van der Waals surface area (Å²) in [6.07, 6.45) is 1.82. The summed E-state index contributed by atoms with van der Waals surface area (Å²) in [6, 6.07) is 16.3. The van der Waals surface area contributed by atoms with Crippen LogP contribution in [-0.2, 0) is 10.3 Å². The molecule has 0 saturated heterocycles. The van der Waals surface area contributed by atoms with Gasteiger partial charge >= 0.3 is 0 Å². The summed E-state index contributed by atoms with van der Waals surface area (Å²) in [6.45, 7) is 2.21. The van der Waals surface area contributed by atoms with Crippen molar-refractivity contribution in [3.63, 3.8) is 0 Å². The SMILES string of the molecule is CN(C)CCOC1(c2ccccc2)CCCOc2cc(Cl)ccc21. The van der Waals surface area contributed by atoms with E-state index in [-0.39, 0.29) is 0 Å². The zero-order valence-electron chi connectivity index (χ0n) is 14.3. The first-order valence-electron chi connectivity index (χ1n) is 8.39. The second-order valence-corrected chi connectivity index (χ2v) is 6.87. The van der Waals surface area contributed by atoms with E-state index < -0.39 is 5.60 Å². The van der Waals surface area contributed by atoms with E-state index in [1.807, 2.05) is 24.3 Å². The summed E-state index contributed by atoms with van der Waals surface area (Å²) in [4.78, 5) is 2.13. The first-order chi connectivity index (χ1) is 11.6. The highest BCUT2D eigenvalue weighted by Gasteiger charge is 2.39. The molecule has 0 aliphatic carbocycles. The largest absolute Gasteiger partial charge is 0.493 e. The molecule has 128 valence electrons. The quantitative estimate of drug-likeness (QED) is 0.804. The van der Waals surface area contributed by atoms with Crippen molar-refractivity contribution >= 4 is 11.6 Å². The van der Waals surface area contributed by atoms with E-state index in [9.17, 15) is 0 Å². The Morgan fingerprint density at radius 3 is 2.71 bits per heavy atom.